The molecule has 7 nitrogen and oxygen atoms in total. The first-order valence-electron chi connectivity index (χ1n) is 8.32. The van der Waals surface area contributed by atoms with Crippen LogP contribution in [0.25, 0.3) is 10.9 Å². The molecule has 25 heavy (non-hydrogen) atoms. The van der Waals surface area contributed by atoms with Crippen LogP contribution in [-0.2, 0) is 6.54 Å². The van der Waals surface area contributed by atoms with Gasteiger partial charge in [-0.15, -0.1) is 12.4 Å². The summed E-state index contributed by atoms with van der Waals surface area (Å²) < 4.78 is 1.14. The van der Waals surface area contributed by atoms with Gasteiger partial charge in [-0.1, -0.05) is 0 Å². The summed E-state index contributed by atoms with van der Waals surface area (Å²) in [4.78, 5) is 39.3. The number of H-pyrrole nitrogens is 1. The van der Waals surface area contributed by atoms with E-state index in [2.05, 4.69) is 22.5 Å². The van der Waals surface area contributed by atoms with Gasteiger partial charge in [0.05, 0.1) is 10.9 Å². The largest absolute Gasteiger partial charge is 0.348 e. The maximum atomic E-state index is 12.5. The number of fused-ring (bicyclic) bond motifs is 1. The highest BCUT2D eigenvalue weighted by Gasteiger charge is 2.23. The molecule has 0 aliphatic carbocycles. The number of carbonyl (C=O) groups is 1. The molecule has 1 amide bonds. The molecule has 2 atom stereocenters. The molecule has 2 unspecified atom stereocenters. The topological polar surface area (TPSA) is 96.0 Å². The third-order valence-electron chi connectivity index (χ3n) is 4.64. The minimum absolute atomic E-state index is 0. The number of nitrogens with zero attached hydrogens (tertiary/aromatic N) is 1. The second kappa shape index (κ2) is 7.84. The molecule has 2 heterocycles. The van der Waals surface area contributed by atoms with Crippen LogP contribution in [0.2, 0.25) is 0 Å². The number of carbonyl (C=O) groups excluding carboxylic acids is 1. The molecule has 0 spiro atoms. The molecule has 1 aromatic heterocycles. The molecule has 0 radical (unpaired) electrons. The second-order valence-corrected chi connectivity index (χ2v) is 6.20. The quantitative estimate of drug-likeness (QED) is 0.755. The molecular formula is C17H23ClN4O3. The van der Waals surface area contributed by atoms with E-state index in [1.54, 1.807) is 25.1 Å². The Kier molecular flexibility index (Phi) is 6.02. The van der Waals surface area contributed by atoms with Crippen molar-refractivity contribution < 1.29 is 4.79 Å². The lowest BCUT2D eigenvalue weighted by molar-refractivity contribution is 0.0920. The number of nitrogens with one attached hydrogen (secondary N) is 3. The summed E-state index contributed by atoms with van der Waals surface area (Å²) in [6, 6.07) is 5.08. The van der Waals surface area contributed by atoms with E-state index in [-0.39, 0.29) is 36.0 Å². The van der Waals surface area contributed by atoms with Crippen molar-refractivity contribution in [1.82, 2.24) is 20.2 Å². The fourth-order valence-corrected chi connectivity index (χ4v) is 3.18. The summed E-state index contributed by atoms with van der Waals surface area (Å²) in [6.45, 7) is 5.06. The van der Waals surface area contributed by atoms with Gasteiger partial charge in [0, 0.05) is 24.2 Å². The molecule has 3 N–H and O–H groups in total. The van der Waals surface area contributed by atoms with Crippen LogP contribution >= 0.6 is 12.4 Å². The van der Waals surface area contributed by atoms with Gasteiger partial charge in [-0.2, -0.15) is 0 Å². The first-order valence-corrected chi connectivity index (χ1v) is 8.32. The van der Waals surface area contributed by atoms with E-state index in [9.17, 15) is 14.4 Å². The lowest BCUT2D eigenvalue weighted by Gasteiger charge is -2.30. The Hall–Kier alpha value is -2.12. The van der Waals surface area contributed by atoms with Crippen LogP contribution in [0.5, 0.6) is 0 Å². The molecule has 2 aromatic rings. The van der Waals surface area contributed by atoms with Gasteiger partial charge in [-0.3, -0.25) is 14.2 Å². The first kappa shape index (κ1) is 19.2. The predicted molar refractivity (Wildman–Crippen MR) is 99.7 cm³/mol. The monoisotopic (exact) mass is 366 g/mol. The molecule has 136 valence electrons. The number of hydrogen-bond donors (Lipinski definition) is 3. The van der Waals surface area contributed by atoms with Gasteiger partial charge >= 0.3 is 5.69 Å². The van der Waals surface area contributed by atoms with Crippen molar-refractivity contribution in [2.75, 3.05) is 6.54 Å². The highest BCUT2D eigenvalue weighted by molar-refractivity contribution is 5.97. The molecule has 8 heteroatoms. The summed E-state index contributed by atoms with van der Waals surface area (Å²) in [6.07, 6.45) is 1.96. The third kappa shape index (κ3) is 3.77. The van der Waals surface area contributed by atoms with Crippen LogP contribution < -0.4 is 21.9 Å². The fourth-order valence-electron chi connectivity index (χ4n) is 3.18. The summed E-state index contributed by atoms with van der Waals surface area (Å²) in [7, 11) is 0. The predicted octanol–water partition coefficient (Wildman–Crippen LogP) is 1.00. The van der Waals surface area contributed by atoms with Crippen molar-refractivity contribution in [2.45, 2.75) is 45.3 Å². The third-order valence-corrected chi connectivity index (χ3v) is 4.64. The Morgan fingerprint density at radius 2 is 2.12 bits per heavy atom. The number of benzene rings is 1. The summed E-state index contributed by atoms with van der Waals surface area (Å²) in [5, 5.41) is 6.77. The molecular weight excluding hydrogens is 344 g/mol. The molecule has 1 fully saturated rings. The van der Waals surface area contributed by atoms with E-state index in [1.807, 2.05) is 0 Å². The van der Waals surface area contributed by atoms with Gasteiger partial charge in [0.1, 0.15) is 0 Å². The normalized spacial score (nSPS) is 20.1. The number of amides is 1. The van der Waals surface area contributed by atoms with Crippen molar-refractivity contribution >= 4 is 29.2 Å². The van der Waals surface area contributed by atoms with Crippen LogP contribution in [0.1, 0.15) is 37.0 Å². The van der Waals surface area contributed by atoms with Gasteiger partial charge in [-0.05, 0) is 51.4 Å². The lowest BCUT2D eigenvalue weighted by Crippen LogP contribution is -2.51. The summed E-state index contributed by atoms with van der Waals surface area (Å²) in [5.74, 6) is -0.196. The number of rotatable bonds is 3. The molecule has 0 saturated carbocycles. The molecule has 1 aromatic carbocycles. The molecule has 1 saturated heterocycles. The Bertz CT molecular complexity index is 890. The van der Waals surface area contributed by atoms with E-state index in [4.69, 9.17) is 0 Å². The molecule has 3 rings (SSSR count). The zero-order valence-electron chi connectivity index (χ0n) is 14.3. The Morgan fingerprint density at radius 1 is 1.36 bits per heavy atom. The van der Waals surface area contributed by atoms with E-state index in [0.29, 0.717) is 23.0 Å². The van der Waals surface area contributed by atoms with Crippen molar-refractivity contribution in [3.63, 3.8) is 0 Å². The number of aromatic amines is 1. The minimum atomic E-state index is -0.460. The lowest BCUT2D eigenvalue weighted by atomic mass is 9.99. The van der Waals surface area contributed by atoms with E-state index >= 15 is 0 Å². The number of hydrogen-bond acceptors (Lipinski definition) is 4. The van der Waals surface area contributed by atoms with Gasteiger partial charge in [0.2, 0.25) is 0 Å². The highest BCUT2D eigenvalue weighted by atomic mass is 35.5. The van der Waals surface area contributed by atoms with E-state index < -0.39 is 5.69 Å². The van der Waals surface area contributed by atoms with Crippen LogP contribution in [0.4, 0.5) is 0 Å². The Balaban J connectivity index is 0.00000225. The number of piperidine rings is 1. The average molecular weight is 367 g/mol. The van der Waals surface area contributed by atoms with E-state index in [0.717, 1.165) is 24.0 Å². The standard InChI is InChI=1S/C17H22N4O3.ClH/c1-3-21-16(23)12-7-6-11(9-14(12)20-17(21)24)15(22)19-13-5-4-8-18-10(13)2;/h6-7,9-10,13,18H,3-5,8H2,1-2H3,(H,19,22)(H,20,24);1H. The SMILES string of the molecule is CCn1c(=O)[nH]c2cc(C(=O)NC3CCCNC3C)ccc2c1=O.Cl. The van der Waals surface area contributed by atoms with Gasteiger partial charge < -0.3 is 15.6 Å². The van der Waals surface area contributed by atoms with Crippen LogP contribution in [0, 0.1) is 0 Å². The number of halogens is 1. The zero-order valence-corrected chi connectivity index (χ0v) is 15.1. The summed E-state index contributed by atoms with van der Waals surface area (Å²) in [5.41, 5.74) is 0.0210. The fraction of sp³-hybridized carbons (Fsp3) is 0.471. The maximum absolute atomic E-state index is 12.5. The van der Waals surface area contributed by atoms with E-state index in [1.165, 1.54) is 0 Å². The van der Waals surface area contributed by atoms with Crippen LogP contribution in [0.15, 0.2) is 27.8 Å². The highest BCUT2D eigenvalue weighted by Crippen LogP contribution is 2.12. The smallest absolute Gasteiger partial charge is 0.328 e. The Morgan fingerprint density at radius 3 is 2.80 bits per heavy atom. The van der Waals surface area contributed by atoms with Crippen molar-refractivity contribution in [3.8, 4) is 0 Å². The van der Waals surface area contributed by atoms with Gasteiger partial charge in [-0.25, -0.2) is 4.79 Å². The zero-order chi connectivity index (χ0) is 17.3. The maximum Gasteiger partial charge on any atom is 0.328 e. The minimum Gasteiger partial charge on any atom is -0.348 e. The van der Waals surface area contributed by atoms with Crippen molar-refractivity contribution in [1.29, 1.82) is 0 Å². The van der Waals surface area contributed by atoms with Crippen molar-refractivity contribution in [3.05, 3.63) is 44.6 Å². The van der Waals surface area contributed by atoms with Crippen LogP contribution in [-0.4, -0.2) is 34.1 Å². The van der Waals surface area contributed by atoms with Gasteiger partial charge in [0.15, 0.2) is 0 Å². The second-order valence-electron chi connectivity index (χ2n) is 6.20. The molecule has 1 aliphatic rings. The summed E-state index contributed by atoms with van der Waals surface area (Å²) >= 11 is 0. The van der Waals surface area contributed by atoms with Gasteiger partial charge in [0.25, 0.3) is 11.5 Å². The van der Waals surface area contributed by atoms with Crippen LogP contribution in [0.3, 0.4) is 0 Å². The average Bonchev–Trinajstić information content (AvgIpc) is 2.56. The van der Waals surface area contributed by atoms with Crippen molar-refractivity contribution in [2.24, 2.45) is 0 Å². The molecule has 0 bridgehead atoms. The Labute approximate surface area is 151 Å². The first-order chi connectivity index (χ1) is 11.5. The molecule has 1 aliphatic heterocycles. The number of aromatic nitrogens is 2.